The molecule has 11 aromatic carbocycles. The van der Waals surface area contributed by atoms with E-state index >= 15 is 0 Å². The predicted octanol–water partition coefficient (Wildman–Crippen LogP) is 14.0. The summed E-state index contributed by atoms with van der Waals surface area (Å²) in [6, 6.07) is 101. The fourth-order valence-electron chi connectivity index (χ4n) is 11.9. The zero-order chi connectivity index (χ0) is 46.2. The normalized spacial score (nSPS) is 12.0. The molecule has 14 aromatic rings. The SMILES string of the molecule is c1ccc(-n2c3ccccc3c3c(-c4cccc5c4c4ccccc4n5-c4ccc5c6ccccc6n(-c6ccc([Si](c7ccccc7)(c7ccccc7)c7ccccc7)cc6)c5c4)cccc32)cc1. The first-order valence-corrected chi connectivity index (χ1v) is 26.2. The van der Waals surface area contributed by atoms with Crippen LogP contribution in [-0.2, 0) is 0 Å². The van der Waals surface area contributed by atoms with Crippen LogP contribution in [0.3, 0.4) is 0 Å². The number of para-hydroxylation sites is 4. The Labute approximate surface area is 407 Å². The van der Waals surface area contributed by atoms with Crippen molar-refractivity contribution in [2.24, 2.45) is 0 Å². The lowest BCUT2D eigenvalue weighted by molar-refractivity contribution is 1.16. The lowest BCUT2D eigenvalue weighted by Gasteiger charge is -2.34. The van der Waals surface area contributed by atoms with E-state index in [0.717, 1.165) is 17.1 Å². The van der Waals surface area contributed by atoms with Gasteiger partial charge in [0.15, 0.2) is 8.07 Å². The number of fused-ring (bicyclic) bond motifs is 9. The molecule has 0 unspecified atom stereocenters. The molecule has 0 amide bonds. The molecule has 0 aliphatic carbocycles. The molecule has 3 aromatic heterocycles. The van der Waals surface area contributed by atoms with Gasteiger partial charge in [0.25, 0.3) is 0 Å². The first-order chi connectivity index (χ1) is 34.8. The summed E-state index contributed by atoms with van der Waals surface area (Å²) in [5.41, 5.74) is 13.0. The Morgan fingerprint density at radius 2 is 0.557 bits per heavy atom. The van der Waals surface area contributed by atoms with E-state index in [9.17, 15) is 0 Å². The van der Waals surface area contributed by atoms with Gasteiger partial charge in [-0.15, -0.1) is 0 Å². The minimum absolute atomic E-state index is 1.12. The van der Waals surface area contributed by atoms with E-state index in [2.05, 4.69) is 287 Å². The molecular weight excluding hydrogens is 863 g/mol. The highest BCUT2D eigenvalue weighted by molar-refractivity contribution is 7.19. The summed E-state index contributed by atoms with van der Waals surface area (Å²) in [5, 5.41) is 12.9. The van der Waals surface area contributed by atoms with Crippen molar-refractivity contribution in [1.29, 1.82) is 0 Å². The van der Waals surface area contributed by atoms with Crippen LogP contribution in [0.5, 0.6) is 0 Å². The lowest BCUT2D eigenvalue weighted by Crippen LogP contribution is -2.74. The van der Waals surface area contributed by atoms with E-state index in [1.54, 1.807) is 0 Å². The Balaban J connectivity index is 0.972. The average molecular weight is 908 g/mol. The van der Waals surface area contributed by atoms with Crippen LogP contribution < -0.4 is 20.7 Å². The minimum Gasteiger partial charge on any atom is -0.309 e. The zero-order valence-corrected chi connectivity index (χ0v) is 39.3. The van der Waals surface area contributed by atoms with Crippen molar-refractivity contribution in [3.05, 3.63) is 273 Å². The molecule has 14 rings (SSSR count). The van der Waals surface area contributed by atoms with Crippen LogP contribution in [0.15, 0.2) is 273 Å². The van der Waals surface area contributed by atoms with Gasteiger partial charge < -0.3 is 13.7 Å². The highest BCUT2D eigenvalue weighted by atomic mass is 28.3. The van der Waals surface area contributed by atoms with Crippen LogP contribution in [0, 0.1) is 0 Å². The maximum atomic E-state index is 2.48. The van der Waals surface area contributed by atoms with Crippen molar-refractivity contribution in [2.75, 3.05) is 0 Å². The van der Waals surface area contributed by atoms with E-state index in [4.69, 9.17) is 0 Å². The Hall–Kier alpha value is -8.96. The van der Waals surface area contributed by atoms with Crippen molar-refractivity contribution in [2.45, 2.75) is 0 Å². The zero-order valence-electron chi connectivity index (χ0n) is 38.3. The van der Waals surface area contributed by atoms with E-state index in [-0.39, 0.29) is 0 Å². The van der Waals surface area contributed by atoms with E-state index in [0.29, 0.717) is 0 Å². The number of rotatable bonds is 8. The molecule has 0 bridgehead atoms. The summed E-state index contributed by atoms with van der Waals surface area (Å²) in [4.78, 5) is 0. The van der Waals surface area contributed by atoms with Gasteiger partial charge in [-0.1, -0.05) is 206 Å². The Morgan fingerprint density at radius 3 is 1.07 bits per heavy atom. The van der Waals surface area contributed by atoms with Gasteiger partial charge in [-0.25, -0.2) is 0 Å². The van der Waals surface area contributed by atoms with Crippen LogP contribution >= 0.6 is 0 Å². The third kappa shape index (κ3) is 5.94. The summed E-state index contributed by atoms with van der Waals surface area (Å²) in [6.07, 6.45) is 0. The largest absolute Gasteiger partial charge is 0.309 e. The maximum Gasteiger partial charge on any atom is 0.179 e. The molecule has 0 saturated carbocycles. The number of nitrogens with zero attached hydrogens (tertiary/aromatic N) is 3. The van der Waals surface area contributed by atoms with Crippen LogP contribution in [-0.4, -0.2) is 21.8 Å². The van der Waals surface area contributed by atoms with Crippen LogP contribution in [0.1, 0.15) is 0 Å². The molecule has 0 aliphatic heterocycles. The molecule has 4 heteroatoms. The van der Waals surface area contributed by atoms with Gasteiger partial charge >= 0.3 is 0 Å². The van der Waals surface area contributed by atoms with Crippen molar-refractivity contribution < 1.29 is 0 Å². The number of hydrogen-bond acceptors (Lipinski definition) is 0. The molecule has 3 heterocycles. The third-order valence-corrected chi connectivity index (χ3v) is 19.6. The second kappa shape index (κ2) is 16.1. The summed E-state index contributed by atoms with van der Waals surface area (Å²) in [7, 11) is -2.70. The number of aromatic nitrogens is 3. The van der Waals surface area contributed by atoms with Gasteiger partial charge in [-0.3, -0.25) is 0 Å². The van der Waals surface area contributed by atoms with Crippen molar-refractivity contribution in [1.82, 2.24) is 13.7 Å². The van der Waals surface area contributed by atoms with Crippen LogP contribution in [0.4, 0.5) is 0 Å². The van der Waals surface area contributed by atoms with Crippen LogP contribution in [0.2, 0.25) is 0 Å². The second-order valence-electron chi connectivity index (χ2n) is 18.4. The molecule has 328 valence electrons. The van der Waals surface area contributed by atoms with E-state index in [1.807, 2.05) is 0 Å². The molecule has 0 aliphatic rings. The fraction of sp³-hybridized carbons (Fsp3) is 0. The second-order valence-corrected chi connectivity index (χ2v) is 22.2. The molecule has 0 N–H and O–H groups in total. The molecule has 0 atom stereocenters. The fourth-order valence-corrected chi connectivity index (χ4v) is 16.7. The van der Waals surface area contributed by atoms with Crippen LogP contribution in [0.25, 0.3) is 93.6 Å². The molecule has 3 nitrogen and oxygen atoms in total. The van der Waals surface area contributed by atoms with E-state index < -0.39 is 8.07 Å². The molecule has 0 radical (unpaired) electrons. The van der Waals surface area contributed by atoms with E-state index in [1.165, 1.54) is 97.3 Å². The van der Waals surface area contributed by atoms with Gasteiger partial charge in [-0.2, -0.15) is 0 Å². The van der Waals surface area contributed by atoms with Gasteiger partial charge in [0.05, 0.1) is 33.1 Å². The first-order valence-electron chi connectivity index (χ1n) is 24.2. The van der Waals surface area contributed by atoms with Crippen molar-refractivity contribution >= 4 is 94.2 Å². The van der Waals surface area contributed by atoms with Crippen molar-refractivity contribution in [3.63, 3.8) is 0 Å². The molecule has 0 spiro atoms. The third-order valence-electron chi connectivity index (χ3n) is 14.8. The van der Waals surface area contributed by atoms with Gasteiger partial charge in [0.2, 0.25) is 0 Å². The molecule has 0 fully saturated rings. The summed E-state index contributed by atoms with van der Waals surface area (Å²) in [6.45, 7) is 0. The van der Waals surface area contributed by atoms with Gasteiger partial charge in [-0.05, 0) is 98.6 Å². The summed E-state index contributed by atoms with van der Waals surface area (Å²) >= 11 is 0. The van der Waals surface area contributed by atoms with Gasteiger partial charge in [0.1, 0.15) is 0 Å². The lowest BCUT2D eigenvalue weighted by atomic mass is 9.95. The molecule has 0 saturated heterocycles. The quantitative estimate of drug-likeness (QED) is 0.107. The average Bonchev–Trinajstić information content (AvgIpc) is 4.08. The topological polar surface area (TPSA) is 14.8 Å². The Morgan fingerprint density at radius 1 is 0.214 bits per heavy atom. The summed E-state index contributed by atoms with van der Waals surface area (Å²) in [5.74, 6) is 0. The van der Waals surface area contributed by atoms with Crippen molar-refractivity contribution in [3.8, 4) is 28.2 Å². The Kier molecular flexibility index (Phi) is 9.23. The predicted molar refractivity (Wildman–Crippen MR) is 299 cm³/mol. The maximum absolute atomic E-state index is 2.70. The standard InChI is InChI=1S/C66H45N3Si/c1-5-21-46(22-6-1)67-60-35-17-14-30-57(60)65-55(32-19-37-62(65)67)56-33-20-38-63-66(56)58-31-15-18-36-61(58)69(63)48-41-44-54-53-29-13-16-34-59(53)68(64(54)45-48)47-39-42-52(43-40-47)70(49-23-7-2-8-24-49,50-25-9-3-10-26-50)51-27-11-4-12-28-51/h1-45H. The smallest absolute Gasteiger partial charge is 0.179 e. The summed E-state index contributed by atoms with van der Waals surface area (Å²) < 4.78 is 7.36. The Bertz CT molecular complexity index is 4170. The number of hydrogen-bond donors (Lipinski definition) is 0. The highest BCUT2D eigenvalue weighted by Gasteiger charge is 2.41. The molecule has 70 heavy (non-hydrogen) atoms. The number of benzene rings is 11. The molecular formula is C66H45N3Si. The monoisotopic (exact) mass is 907 g/mol. The minimum atomic E-state index is -2.70. The highest BCUT2D eigenvalue weighted by Crippen LogP contribution is 2.44. The van der Waals surface area contributed by atoms with Gasteiger partial charge in [0, 0.05) is 49.4 Å². The first kappa shape index (κ1) is 40.1.